The van der Waals surface area contributed by atoms with E-state index in [1.807, 2.05) is 0 Å². The molecule has 21 heavy (non-hydrogen) atoms. The Morgan fingerprint density at radius 2 is 2.24 bits per heavy atom. The lowest BCUT2D eigenvalue weighted by molar-refractivity contribution is 0.374. The first-order valence-corrected chi connectivity index (χ1v) is 8.43. The van der Waals surface area contributed by atoms with Gasteiger partial charge in [0.1, 0.15) is 10.6 Å². The number of sulfonamides is 1. The molecule has 0 aromatic heterocycles. The molecule has 0 bridgehead atoms. The Morgan fingerprint density at radius 1 is 1.48 bits per heavy atom. The molecule has 1 aliphatic heterocycles. The highest BCUT2D eigenvalue weighted by Crippen LogP contribution is 2.27. The number of methoxy groups -OCH3 is 1. The van der Waals surface area contributed by atoms with Gasteiger partial charge in [-0.05, 0) is 50.0 Å². The first kappa shape index (κ1) is 18.5. The summed E-state index contributed by atoms with van der Waals surface area (Å²) in [5, 5.41) is 3.63. The molecule has 1 unspecified atom stereocenters. The zero-order chi connectivity index (χ0) is 14.6. The molecular weight excluding hydrogens is 335 g/mol. The summed E-state index contributed by atoms with van der Waals surface area (Å²) in [4.78, 5) is 0.0799. The molecule has 120 valence electrons. The molecule has 2 rings (SSSR count). The molecule has 0 aliphatic carbocycles. The summed E-state index contributed by atoms with van der Waals surface area (Å²) in [5.74, 6) is 0.618. The molecule has 8 heteroatoms. The Hall–Kier alpha value is -0.530. The van der Waals surface area contributed by atoms with Gasteiger partial charge >= 0.3 is 0 Å². The van der Waals surface area contributed by atoms with Crippen LogP contribution < -0.4 is 14.8 Å². The minimum absolute atomic E-state index is 0. The zero-order valence-electron chi connectivity index (χ0n) is 11.8. The first-order valence-electron chi connectivity index (χ1n) is 6.57. The van der Waals surface area contributed by atoms with Gasteiger partial charge in [0.2, 0.25) is 10.0 Å². The van der Waals surface area contributed by atoms with Gasteiger partial charge in [-0.3, -0.25) is 0 Å². The Kier molecular flexibility index (Phi) is 7.23. The standard InChI is InChI=1S/C13H19ClN2O3S.ClH/c1-19-12-5-4-11(14)7-13(12)20(17,18)16-9-10-3-2-6-15-8-10;/h4-5,7,10,15-16H,2-3,6,8-9H2,1H3;1H. The van der Waals surface area contributed by atoms with Crippen molar-refractivity contribution in [3.63, 3.8) is 0 Å². The van der Waals surface area contributed by atoms with Crippen LogP contribution in [0.25, 0.3) is 0 Å². The van der Waals surface area contributed by atoms with Gasteiger partial charge in [0.15, 0.2) is 0 Å². The lowest BCUT2D eigenvalue weighted by Gasteiger charge is -2.23. The molecule has 1 saturated heterocycles. The lowest BCUT2D eigenvalue weighted by Crippen LogP contribution is -2.38. The Morgan fingerprint density at radius 3 is 2.86 bits per heavy atom. The van der Waals surface area contributed by atoms with E-state index in [9.17, 15) is 8.42 Å². The van der Waals surface area contributed by atoms with E-state index in [1.54, 1.807) is 12.1 Å². The largest absolute Gasteiger partial charge is 0.495 e. The van der Waals surface area contributed by atoms with Crippen molar-refractivity contribution in [2.45, 2.75) is 17.7 Å². The number of rotatable bonds is 5. The average molecular weight is 355 g/mol. The van der Waals surface area contributed by atoms with Crippen molar-refractivity contribution in [3.8, 4) is 5.75 Å². The molecule has 0 radical (unpaired) electrons. The average Bonchev–Trinajstić information content (AvgIpc) is 2.46. The molecule has 1 heterocycles. The quantitative estimate of drug-likeness (QED) is 0.848. The third kappa shape index (κ3) is 5.00. The van der Waals surface area contributed by atoms with Crippen molar-refractivity contribution >= 4 is 34.0 Å². The van der Waals surface area contributed by atoms with Gasteiger partial charge in [-0.1, -0.05) is 11.6 Å². The van der Waals surface area contributed by atoms with Gasteiger partial charge in [-0.25, -0.2) is 13.1 Å². The van der Waals surface area contributed by atoms with Crippen LogP contribution in [0.2, 0.25) is 5.02 Å². The van der Waals surface area contributed by atoms with Crippen molar-refractivity contribution < 1.29 is 13.2 Å². The Balaban J connectivity index is 0.00000220. The summed E-state index contributed by atoms with van der Waals surface area (Å²) < 4.78 is 32.4. The fraction of sp³-hybridized carbons (Fsp3) is 0.538. The molecular formula is C13H20Cl2N2O3S. The van der Waals surface area contributed by atoms with E-state index in [0.717, 1.165) is 25.9 Å². The highest BCUT2D eigenvalue weighted by atomic mass is 35.5. The maximum atomic E-state index is 12.3. The first-order chi connectivity index (χ1) is 9.53. The van der Waals surface area contributed by atoms with Crippen LogP contribution in [0.3, 0.4) is 0 Å². The van der Waals surface area contributed by atoms with Crippen LogP contribution >= 0.6 is 24.0 Å². The molecule has 1 aromatic rings. The van der Waals surface area contributed by atoms with E-state index < -0.39 is 10.0 Å². The van der Waals surface area contributed by atoms with Crippen LogP contribution in [-0.2, 0) is 10.0 Å². The Bertz CT molecular complexity index is 561. The summed E-state index contributed by atoms with van der Waals surface area (Å²) in [6.45, 7) is 2.27. The van der Waals surface area contributed by atoms with E-state index in [0.29, 0.717) is 23.2 Å². The molecule has 5 nitrogen and oxygen atoms in total. The van der Waals surface area contributed by atoms with Gasteiger partial charge in [0.25, 0.3) is 0 Å². The SMILES string of the molecule is COc1ccc(Cl)cc1S(=O)(=O)NCC1CCCNC1.Cl. The molecule has 0 spiro atoms. The van der Waals surface area contributed by atoms with E-state index >= 15 is 0 Å². The highest BCUT2D eigenvalue weighted by Gasteiger charge is 2.22. The third-order valence-electron chi connectivity index (χ3n) is 3.38. The molecule has 2 N–H and O–H groups in total. The van der Waals surface area contributed by atoms with E-state index in [4.69, 9.17) is 16.3 Å². The smallest absolute Gasteiger partial charge is 0.244 e. The Labute approximate surface area is 136 Å². The van der Waals surface area contributed by atoms with Crippen molar-refractivity contribution in [2.75, 3.05) is 26.7 Å². The van der Waals surface area contributed by atoms with Crippen molar-refractivity contribution in [2.24, 2.45) is 5.92 Å². The minimum Gasteiger partial charge on any atom is -0.495 e. The van der Waals surface area contributed by atoms with Gasteiger partial charge in [0.05, 0.1) is 7.11 Å². The zero-order valence-corrected chi connectivity index (χ0v) is 14.2. The maximum Gasteiger partial charge on any atom is 0.244 e. The number of nitrogens with one attached hydrogen (secondary N) is 2. The third-order valence-corrected chi connectivity index (χ3v) is 5.06. The lowest BCUT2D eigenvalue weighted by atomic mass is 10.0. The molecule has 0 amide bonds. The number of halogens is 2. The van der Waals surface area contributed by atoms with Crippen LogP contribution in [0.4, 0.5) is 0 Å². The predicted molar refractivity (Wildman–Crippen MR) is 86.0 cm³/mol. The van der Waals surface area contributed by atoms with E-state index in [1.165, 1.54) is 13.2 Å². The van der Waals surface area contributed by atoms with Crippen molar-refractivity contribution in [3.05, 3.63) is 23.2 Å². The predicted octanol–water partition coefficient (Wildman–Crippen LogP) is 2.05. The second-order valence-corrected chi connectivity index (χ2v) is 7.03. The summed E-state index contributed by atoms with van der Waals surface area (Å²) in [6.07, 6.45) is 2.11. The van der Waals surface area contributed by atoms with Crippen LogP contribution in [0.15, 0.2) is 23.1 Å². The summed E-state index contributed by atoms with van der Waals surface area (Å²) in [6, 6.07) is 4.56. The second-order valence-electron chi connectivity index (χ2n) is 4.86. The molecule has 1 atom stereocenters. The van der Waals surface area contributed by atoms with Crippen LogP contribution in [0.5, 0.6) is 5.75 Å². The summed E-state index contributed by atoms with van der Waals surface area (Å²) in [7, 11) is -2.17. The molecule has 1 aliphatic rings. The van der Waals surface area contributed by atoms with Crippen LogP contribution in [0, 0.1) is 5.92 Å². The van der Waals surface area contributed by atoms with E-state index in [2.05, 4.69) is 10.0 Å². The second kappa shape index (κ2) is 8.19. The fourth-order valence-electron chi connectivity index (χ4n) is 2.26. The minimum atomic E-state index is -3.61. The number of hydrogen-bond donors (Lipinski definition) is 2. The number of hydrogen-bond acceptors (Lipinski definition) is 4. The highest BCUT2D eigenvalue weighted by molar-refractivity contribution is 7.89. The molecule has 0 saturated carbocycles. The summed E-state index contributed by atoms with van der Waals surface area (Å²) >= 11 is 5.87. The van der Waals surface area contributed by atoms with Crippen LogP contribution in [-0.4, -0.2) is 35.2 Å². The van der Waals surface area contributed by atoms with Gasteiger partial charge < -0.3 is 10.1 Å². The van der Waals surface area contributed by atoms with Crippen LogP contribution in [0.1, 0.15) is 12.8 Å². The summed E-state index contributed by atoms with van der Waals surface area (Å²) in [5.41, 5.74) is 0. The van der Waals surface area contributed by atoms with Crippen molar-refractivity contribution in [1.82, 2.24) is 10.0 Å². The number of piperidine rings is 1. The maximum absolute atomic E-state index is 12.3. The molecule has 1 fully saturated rings. The van der Waals surface area contributed by atoms with Gasteiger partial charge in [0, 0.05) is 11.6 Å². The molecule has 1 aromatic carbocycles. The topological polar surface area (TPSA) is 67.4 Å². The van der Waals surface area contributed by atoms with E-state index in [-0.39, 0.29) is 17.3 Å². The monoisotopic (exact) mass is 354 g/mol. The van der Waals surface area contributed by atoms with Crippen molar-refractivity contribution in [1.29, 1.82) is 0 Å². The normalized spacial score (nSPS) is 18.9. The number of ether oxygens (including phenoxy) is 1. The fourth-order valence-corrected chi connectivity index (χ4v) is 3.81. The van der Waals surface area contributed by atoms with Gasteiger partial charge in [-0.15, -0.1) is 12.4 Å². The van der Waals surface area contributed by atoms with Gasteiger partial charge in [-0.2, -0.15) is 0 Å². The number of benzene rings is 1.